The van der Waals surface area contributed by atoms with Crippen LogP contribution in [0.5, 0.6) is 11.5 Å². The van der Waals surface area contributed by atoms with Gasteiger partial charge in [-0.25, -0.2) is 4.79 Å². The van der Waals surface area contributed by atoms with E-state index in [1.165, 1.54) is 21.3 Å². The number of aliphatic hydroxyl groups is 1. The number of ether oxygens (including phenoxy) is 4. The second-order valence-corrected chi connectivity index (χ2v) is 5.31. The maximum atomic E-state index is 11.7. The Hall–Kier alpha value is -2.57. The van der Waals surface area contributed by atoms with Crippen molar-refractivity contribution in [3.63, 3.8) is 0 Å². The van der Waals surface area contributed by atoms with Gasteiger partial charge in [0.15, 0.2) is 17.6 Å². The Labute approximate surface area is 146 Å². The molecule has 2 atom stereocenters. The summed E-state index contributed by atoms with van der Waals surface area (Å²) in [4.78, 5) is 11.7. The Bertz CT molecular complexity index is 686. The number of hydrogen-bond acceptors (Lipinski definition) is 6. The highest BCUT2D eigenvalue weighted by Crippen LogP contribution is 2.32. The first-order valence-corrected chi connectivity index (χ1v) is 7.74. The van der Waals surface area contributed by atoms with E-state index in [1.54, 1.807) is 18.2 Å². The number of rotatable bonds is 8. The third kappa shape index (κ3) is 4.71. The van der Waals surface area contributed by atoms with Crippen LogP contribution in [0.4, 0.5) is 0 Å². The van der Waals surface area contributed by atoms with Crippen LogP contribution in [0.1, 0.15) is 17.2 Å². The quantitative estimate of drug-likeness (QED) is 0.740. The van der Waals surface area contributed by atoms with Crippen molar-refractivity contribution in [3.8, 4) is 11.5 Å². The highest BCUT2D eigenvalue weighted by molar-refractivity contribution is 5.75. The lowest BCUT2D eigenvalue weighted by molar-refractivity contribution is -0.159. The average Bonchev–Trinajstić information content (AvgIpc) is 2.67. The number of carbonyl (C=O) groups is 1. The van der Waals surface area contributed by atoms with Gasteiger partial charge in [-0.1, -0.05) is 36.4 Å². The molecule has 0 radical (unpaired) electrons. The molecular weight excluding hydrogens is 324 g/mol. The molecule has 0 aromatic heterocycles. The summed E-state index contributed by atoms with van der Waals surface area (Å²) >= 11 is 0. The number of methoxy groups -OCH3 is 3. The molecule has 6 heteroatoms. The second kappa shape index (κ2) is 9.05. The molecule has 2 aromatic carbocycles. The fourth-order valence-corrected chi connectivity index (χ4v) is 2.37. The number of benzene rings is 2. The number of aliphatic hydroxyl groups excluding tert-OH is 1. The summed E-state index contributed by atoms with van der Waals surface area (Å²) in [6.45, 7) is 0.391. The van der Waals surface area contributed by atoms with Crippen LogP contribution in [0, 0.1) is 0 Å². The smallest absolute Gasteiger partial charge is 0.338 e. The topological polar surface area (TPSA) is 74.2 Å². The zero-order valence-corrected chi connectivity index (χ0v) is 14.5. The van der Waals surface area contributed by atoms with Crippen LogP contribution in [0.2, 0.25) is 0 Å². The summed E-state index contributed by atoms with van der Waals surface area (Å²) in [6, 6.07) is 14.7. The van der Waals surface area contributed by atoms with E-state index in [2.05, 4.69) is 4.74 Å². The van der Waals surface area contributed by atoms with Crippen LogP contribution < -0.4 is 9.47 Å². The van der Waals surface area contributed by atoms with E-state index >= 15 is 0 Å². The zero-order valence-electron chi connectivity index (χ0n) is 14.5. The van der Waals surface area contributed by atoms with Gasteiger partial charge in [-0.3, -0.25) is 0 Å². The van der Waals surface area contributed by atoms with Crippen LogP contribution >= 0.6 is 0 Å². The fraction of sp³-hybridized carbons (Fsp3) is 0.316. The molecule has 2 unspecified atom stereocenters. The largest absolute Gasteiger partial charge is 0.493 e. The Balaban J connectivity index is 2.16. The lowest BCUT2D eigenvalue weighted by Crippen LogP contribution is -2.31. The molecule has 0 saturated carbocycles. The Morgan fingerprint density at radius 1 is 1.04 bits per heavy atom. The molecular formula is C19H22O6. The van der Waals surface area contributed by atoms with Gasteiger partial charge >= 0.3 is 5.97 Å². The van der Waals surface area contributed by atoms with E-state index in [0.717, 1.165) is 5.56 Å². The maximum Gasteiger partial charge on any atom is 0.338 e. The molecule has 134 valence electrons. The Morgan fingerprint density at radius 2 is 1.76 bits per heavy atom. The number of esters is 1. The van der Waals surface area contributed by atoms with Gasteiger partial charge in [0, 0.05) is 7.11 Å². The summed E-state index contributed by atoms with van der Waals surface area (Å²) < 4.78 is 20.8. The van der Waals surface area contributed by atoms with Gasteiger partial charge in [0.25, 0.3) is 0 Å². The second-order valence-electron chi connectivity index (χ2n) is 5.31. The van der Waals surface area contributed by atoms with Crippen LogP contribution in [0.25, 0.3) is 0 Å². The molecule has 25 heavy (non-hydrogen) atoms. The van der Waals surface area contributed by atoms with Crippen molar-refractivity contribution in [1.29, 1.82) is 0 Å². The average molecular weight is 346 g/mol. The molecule has 2 aromatic rings. The summed E-state index contributed by atoms with van der Waals surface area (Å²) in [5, 5.41) is 10.4. The zero-order chi connectivity index (χ0) is 18.2. The van der Waals surface area contributed by atoms with Gasteiger partial charge in [0.05, 0.1) is 14.2 Å². The van der Waals surface area contributed by atoms with E-state index in [1.807, 2.05) is 30.3 Å². The minimum Gasteiger partial charge on any atom is -0.493 e. The normalized spacial score (nSPS) is 13.0. The molecule has 0 heterocycles. The fourth-order valence-electron chi connectivity index (χ4n) is 2.37. The van der Waals surface area contributed by atoms with Crippen LogP contribution in [-0.2, 0) is 20.9 Å². The first kappa shape index (κ1) is 18.8. The minimum absolute atomic E-state index is 0.391. The maximum absolute atomic E-state index is 11.7. The summed E-state index contributed by atoms with van der Waals surface area (Å²) in [6.07, 6.45) is -2.31. The molecule has 0 aliphatic carbocycles. The molecule has 2 rings (SSSR count). The van der Waals surface area contributed by atoms with E-state index < -0.39 is 18.2 Å². The Morgan fingerprint density at radius 3 is 2.36 bits per heavy atom. The molecule has 0 aliphatic heterocycles. The van der Waals surface area contributed by atoms with E-state index in [9.17, 15) is 9.90 Å². The van der Waals surface area contributed by atoms with Gasteiger partial charge < -0.3 is 24.1 Å². The molecule has 0 spiro atoms. The van der Waals surface area contributed by atoms with Crippen LogP contribution in [0.3, 0.4) is 0 Å². The van der Waals surface area contributed by atoms with Crippen LogP contribution in [-0.4, -0.2) is 38.5 Å². The third-order valence-electron chi connectivity index (χ3n) is 3.74. The van der Waals surface area contributed by atoms with E-state index in [0.29, 0.717) is 23.7 Å². The monoisotopic (exact) mass is 346 g/mol. The van der Waals surface area contributed by atoms with E-state index in [-0.39, 0.29) is 0 Å². The molecule has 0 bridgehead atoms. The van der Waals surface area contributed by atoms with E-state index in [4.69, 9.17) is 14.2 Å². The Kier molecular flexibility index (Phi) is 6.80. The third-order valence-corrected chi connectivity index (χ3v) is 3.74. The molecule has 0 aliphatic rings. The van der Waals surface area contributed by atoms with Gasteiger partial charge in [-0.2, -0.15) is 0 Å². The summed E-state index contributed by atoms with van der Waals surface area (Å²) in [7, 11) is 4.08. The molecule has 0 saturated heterocycles. The number of carbonyl (C=O) groups excluding carboxylic acids is 1. The van der Waals surface area contributed by atoms with Gasteiger partial charge in [0.2, 0.25) is 0 Å². The van der Waals surface area contributed by atoms with Crippen molar-refractivity contribution in [2.75, 3.05) is 21.3 Å². The van der Waals surface area contributed by atoms with Gasteiger partial charge in [-0.15, -0.1) is 0 Å². The van der Waals surface area contributed by atoms with Crippen molar-refractivity contribution < 1.29 is 28.8 Å². The van der Waals surface area contributed by atoms with Crippen molar-refractivity contribution in [2.45, 2.75) is 18.8 Å². The van der Waals surface area contributed by atoms with Crippen molar-refractivity contribution in [3.05, 3.63) is 59.7 Å². The standard InChI is InChI=1S/C19H22O6/c1-22-16-11-14(17(20)18(23-2)19(21)24-3)9-10-15(16)25-12-13-7-5-4-6-8-13/h4-11,17-18,20H,12H2,1-3H3. The van der Waals surface area contributed by atoms with Crippen molar-refractivity contribution in [1.82, 2.24) is 0 Å². The lowest BCUT2D eigenvalue weighted by Gasteiger charge is -2.20. The summed E-state index contributed by atoms with van der Waals surface area (Å²) in [5.41, 5.74) is 1.49. The lowest BCUT2D eigenvalue weighted by atomic mass is 10.0. The van der Waals surface area contributed by atoms with Crippen molar-refractivity contribution in [2.24, 2.45) is 0 Å². The van der Waals surface area contributed by atoms with Crippen LogP contribution in [0.15, 0.2) is 48.5 Å². The minimum atomic E-state index is -1.19. The molecule has 0 amide bonds. The SMILES string of the molecule is COC(=O)C(OC)C(O)c1ccc(OCc2ccccc2)c(OC)c1. The number of hydrogen-bond donors (Lipinski definition) is 1. The summed E-state index contributed by atoms with van der Waals surface area (Å²) in [5.74, 6) is 0.333. The molecule has 6 nitrogen and oxygen atoms in total. The van der Waals surface area contributed by atoms with Crippen molar-refractivity contribution >= 4 is 5.97 Å². The highest BCUT2D eigenvalue weighted by Gasteiger charge is 2.29. The molecule has 1 N–H and O–H groups in total. The van der Waals surface area contributed by atoms with Gasteiger partial charge in [-0.05, 0) is 23.3 Å². The predicted molar refractivity (Wildman–Crippen MR) is 91.5 cm³/mol. The predicted octanol–water partition coefficient (Wildman–Crippen LogP) is 2.50. The first-order valence-electron chi connectivity index (χ1n) is 7.74. The first-order chi connectivity index (χ1) is 12.1. The van der Waals surface area contributed by atoms with Gasteiger partial charge in [0.1, 0.15) is 12.7 Å². The molecule has 0 fully saturated rings. The highest BCUT2D eigenvalue weighted by atomic mass is 16.6.